The Kier molecular flexibility index (Phi) is 2.26. The molecule has 0 spiro atoms. The summed E-state index contributed by atoms with van der Waals surface area (Å²) in [7, 11) is 0. The van der Waals surface area contributed by atoms with E-state index in [9.17, 15) is 9.90 Å². The second kappa shape index (κ2) is 3.02. The zero-order chi connectivity index (χ0) is 8.43. The van der Waals surface area contributed by atoms with Crippen molar-refractivity contribution in [2.45, 2.75) is 13.0 Å². The van der Waals surface area contributed by atoms with E-state index in [-0.39, 0.29) is 0 Å². The molecule has 0 fully saturated rings. The van der Waals surface area contributed by atoms with E-state index in [4.69, 9.17) is 0 Å². The van der Waals surface area contributed by atoms with Gasteiger partial charge in [0.25, 0.3) is 0 Å². The summed E-state index contributed by atoms with van der Waals surface area (Å²) < 4.78 is 0. The molecule has 0 radical (unpaired) electrons. The number of hydrogen-bond donors (Lipinski definition) is 1. The molecule has 1 atom stereocenters. The fourth-order valence-corrected chi connectivity index (χ4v) is 1.64. The fourth-order valence-electron chi connectivity index (χ4n) is 0.757. The van der Waals surface area contributed by atoms with Crippen molar-refractivity contribution >= 4 is 17.3 Å². The van der Waals surface area contributed by atoms with Crippen LogP contribution in [0.3, 0.4) is 0 Å². The van der Waals surface area contributed by atoms with Gasteiger partial charge >= 0.3 is 0 Å². The summed E-state index contributed by atoms with van der Waals surface area (Å²) in [5, 5.41) is 10.3. The number of aryl methyl sites for hydroxylation is 1. The molecule has 1 rings (SSSR count). The summed E-state index contributed by atoms with van der Waals surface area (Å²) in [5.74, 6) is -1.12. The van der Waals surface area contributed by atoms with Crippen molar-refractivity contribution in [1.82, 2.24) is 0 Å². The third-order valence-corrected chi connectivity index (χ3v) is 2.50. The van der Waals surface area contributed by atoms with Crippen LogP contribution in [0, 0.1) is 6.92 Å². The molecule has 0 aliphatic carbocycles. The number of aliphatic carboxylic acids is 1. The molecule has 0 aliphatic rings. The lowest BCUT2D eigenvalue weighted by Gasteiger charge is -2.05. The van der Waals surface area contributed by atoms with E-state index in [0.717, 1.165) is 9.75 Å². The highest BCUT2D eigenvalue weighted by atomic mass is 32.1. The van der Waals surface area contributed by atoms with Crippen molar-refractivity contribution in [2.24, 2.45) is 0 Å². The molecule has 1 heterocycles. The molecule has 1 aromatic heterocycles. The van der Waals surface area contributed by atoms with Crippen LogP contribution in [0.5, 0.6) is 0 Å². The highest BCUT2D eigenvalue weighted by Gasteiger charge is 2.11. The van der Waals surface area contributed by atoms with Crippen LogP contribution in [-0.2, 0) is 4.79 Å². The number of hydrogen-bond acceptors (Lipinski definition) is 3. The van der Waals surface area contributed by atoms with Gasteiger partial charge in [0.15, 0.2) is 6.04 Å². The molecule has 4 heteroatoms. The molecule has 0 unspecified atom stereocenters. The minimum Gasteiger partial charge on any atom is -0.544 e. The van der Waals surface area contributed by atoms with E-state index >= 15 is 0 Å². The Bertz CT molecular complexity index is 269. The third-order valence-electron chi connectivity index (χ3n) is 1.39. The lowest BCUT2D eigenvalue weighted by atomic mass is 10.2. The third kappa shape index (κ3) is 1.78. The maximum absolute atomic E-state index is 10.3. The molecule has 3 nitrogen and oxygen atoms in total. The van der Waals surface area contributed by atoms with Crippen LogP contribution in [0.15, 0.2) is 12.1 Å². The second-order valence-corrected chi connectivity index (χ2v) is 3.64. The van der Waals surface area contributed by atoms with Gasteiger partial charge in [0.2, 0.25) is 0 Å². The molecule has 0 saturated heterocycles. The number of carbonyl (C=O) groups excluding carboxylic acids is 1. The van der Waals surface area contributed by atoms with Crippen LogP contribution in [0.4, 0.5) is 0 Å². The Hall–Kier alpha value is -0.870. The van der Waals surface area contributed by atoms with Crippen molar-refractivity contribution < 1.29 is 15.6 Å². The van der Waals surface area contributed by atoms with Crippen LogP contribution in [0.2, 0.25) is 0 Å². The van der Waals surface area contributed by atoms with Crippen molar-refractivity contribution in [3.05, 3.63) is 21.9 Å². The Labute approximate surface area is 68.5 Å². The van der Waals surface area contributed by atoms with Gasteiger partial charge in [-0.2, -0.15) is 0 Å². The highest BCUT2D eigenvalue weighted by Crippen LogP contribution is 2.19. The van der Waals surface area contributed by atoms with Crippen LogP contribution in [0.25, 0.3) is 0 Å². The second-order valence-electron chi connectivity index (χ2n) is 2.32. The maximum Gasteiger partial charge on any atom is 0.159 e. The summed E-state index contributed by atoms with van der Waals surface area (Å²) in [4.78, 5) is 12.2. The summed E-state index contributed by atoms with van der Waals surface area (Å²) >= 11 is 1.44. The predicted molar refractivity (Wildman–Crippen MR) is 39.7 cm³/mol. The Morgan fingerprint density at radius 1 is 1.73 bits per heavy atom. The first-order chi connectivity index (χ1) is 5.11. The molecule has 0 amide bonds. The molecule has 0 bridgehead atoms. The average Bonchev–Trinajstić information content (AvgIpc) is 2.34. The topological polar surface area (TPSA) is 67.8 Å². The minimum atomic E-state index is -1.12. The number of carbonyl (C=O) groups is 1. The first kappa shape index (κ1) is 8.23. The van der Waals surface area contributed by atoms with E-state index in [2.05, 4.69) is 5.73 Å². The van der Waals surface area contributed by atoms with E-state index in [1.54, 1.807) is 6.07 Å². The van der Waals surface area contributed by atoms with Gasteiger partial charge in [-0.15, -0.1) is 11.3 Å². The molecular formula is C7H9NO2S. The Morgan fingerprint density at radius 2 is 2.36 bits per heavy atom. The molecule has 3 N–H and O–H groups in total. The average molecular weight is 171 g/mol. The number of carboxylic acid groups (broad SMARTS) is 1. The van der Waals surface area contributed by atoms with Gasteiger partial charge in [0, 0.05) is 4.88 Å². The van der Waals surface area contributed by atoms with E-state index in [1.165, 1.54) is 11.3 Å². The van der Waals surface area contributed by atoms with Gasteiger partial charge in [0.1, 0.15) is 5.97 Å². The van der Waals surface area contributed by atoms with Crippen molar-refractivity contribution in [3.63, 3.8) is 0 Å². The first-order valence-corrected chi connectivity index (χ1v) is 4.03. The van der Waals surface area contributed by atoms with Gasteiger partial charge in [-0.25, -0.2) is 0 Å². The normalized spacial score (nSPS) is 12.9. The summed E-state index contributed by atoms with van der Waals surface area (Å²) in [6, 6.07) is 2.92. The van der Waals surface area contributed by atoms with E-state index in [1.807, 2.05) is 13.0 Å². The van der Waals surface area contributed by atoms with Crippen LogP contribution >= 0.6 is 11.3 Å². The fraction of sp³-hybridized carbons (Fsp3) is 0.286. The summed E-state index contributed by atoms with van der Waals surface area (Å²) in [5.41, 5.74) is 3.47. The summed E-state index contributed by atoms with van der Waals surface area (Å²) in [6.07, 6.45) is 0. The Morgan fingerprint density at radius 3 is 2.73 bits per heavy atom. The Balaban J connectivity index is 2.84. The molecule has 60 valence electrons. The SMILES string of the molecule is Cc1ccc([C@@H]([NH3+])C(=O)[O-])s1. The lowest BCUT2D eigenvalue weighted by molar-refractivity contribution is -0.442. The molecule has 0 aromatic carbocycles. The maximum atomic E-state index is 10.3. The lowest BCUT2D eigenvalue weighted by Crippen LogP contribution is -2.60. The standard InChI is InChI=1S/C7H9NO2S/c1-4-2-3-5(11-4)6(8)7(9)10/h2-3,6H,8H2,1H3,(H,9,10)/t6-/m1/s1. The first-order valence-electron chi connectivity index (χ1n) is 3.21. The smallest absolute Gasteiger partial charge is 0.159 e. The molecular weight excluding hydrogens is 162 g/mol. The van der Waals surface area contributed by atoms with E-state index in [0.29, 0.717) is 0 Å². The van der Waals surface area contributed by atoms with Crippen LogP contribution in [-0.4, -0.2) is 5.97 Å². The number of thiophene rings is 1. The number of rotatable bonds is 2. The molecule has 0 saturated carbocycles. The predicted octanol–water partition coefficient (Wildman–Crippen LogP) is -0.911. The quantitative estimate of drug-likeness (QED) is 0.626. The largest absolute Gasteiger partial charge is 0.544 e. The zero-order valence-corrected chi connectivity index (χ0v) is 6.98. The van der Waals surface area contributed by atoms with E-state index < -0.39 is 12.0 Å². The monoisotopic (exact) mass is 171 g/mol. The van der Waals surface area contributed by atoms with Gasteiger partial charge in [-0.3, -0.25) is 0 Å². The van der Waals surface area contributed by atoms with Crippen molar-refractivity contribution in [3.8, 4) is 0 Å². The highest BCUT2D eigenvalue weighted by molar-refractivity contribution is 7.12. The van der Waals surface area contributed by atoms with Crippen molar-refractivity contribution in [1.29, 1.82) is 0 Å². The summed E-state index contributed by atoms with van der Waals surface area (Å²) in [6.45, 7) is 1.93. The van der Waals surface area contributed by atoms with Crippen molar-refractivity contribution in [2.75, 3.05) is 0 Å². The molecule has 1 aromatic rings. The van der Waals surface area contributed by atoms with Gasteiger partial charge in [-0.1, -0.05) is 0 Å². The van der Waals surface area contributed by atoms with Gasteiger partial charge in [0.05, 0.1) is 4.88 Å². The van der Waals surface area contributed by atoms with Gasteiger partial charge in [-0.05, 0) is 19.1 Å². The molecule has 0 aliphatic heterocycles. The van der Waals surface area contributed by atoms with Gasteiger partial charge < -0.3 is 15.6 Å². The number of quaternary nitrogens is 1. The molecule has 11 heavy (non-hydrogen) atoms. The number of carboxylic acids is 1. The zero-order valence-electron chi connectivity index (χ0n) is 6.16. The van der Waals surface area contributed by atoms with Crippen LogP contribution in [0.1, 0.15) is 15.8 Å². The minimum absolute atomic E-state index is 0.728. The van der Waals surface area contributed by atoms with Crippen LogP contribution < -0.4 is 10.8 Å².